The van der Waals surface area contributed by atoms with Crippen molar-refractivity contribution in [3.63, 3.8) is 0 Å². The maximum Gasteiger partial charge on any atom is 0.286 e. The second-order valence-corrected chi connectivity index (χ2v) is 3.43. The molecule has 1 rings (SSSR count). The molecule has 4 nitrogen and oxygen atoms in total. The quantitative estimate of drug-likeness (QED) is 0.701. The average Bonchev–Trinajstić information content (AvgIpc) is 2.72. The lowest BCUT2D eigenvalue weighted by atomic mass is 10.2. The molecular formula is C11H18N2O2. The van der Waals surface area contributed by atoms with Gasteiger partial charge in [0.2, 0.25) is 0 Å². The summed E-state index contributed by atoms with van der Waals surface area (Å²) in [7, 11) is 0. The van der Waals surface area contributed by atoms with Gasteiger partial charge in [0, 0.05) is 6.54 Å². The van der Waals surface area contributed by atoms with Crippen molar-refractivity contribution in [3.8, 4) is 0 Å². The van der Waals surface area contributed by atoms with Crippen LogP contribution in [0, 0.1) is 0 Å². The predicted molar refractivity (Wildman–Crippen MR) is 58.5 cm³/mol. The zero-order chi connectivity index (χ0) is 11.1. The molecule has 0 saturated carbocycles. The first kappa shape index (κ1) is 11.8. The van der Waals surface area contributed by atoms with Crippen molar-refractivity contribution in [3.05, 3.63) is 23.7 Å². The minimum Gasteiger partial charge on any atom is -0.455 e. The monoisotopic (exact) mass is 210 g/mol. The molecule has 15 heavy (non-hydrogen) atoms. The summed E-state index contributed by atoms with van der Waals surface area (Å²) in [6.07, 6.45) is 3.28. The van der Waals surface area contributed by atoms with Crippen LogP contribution in [0.3, 0.4) is 0 Å². The topological polar surface area (TPSA) is 68.3 Å². The van der Waals surface area contributed by atoms with Crippen LogP contribution in [0.15, 0.2) is 16.5 Å². The highest BCUT2D eigenvalue weighted by Crippen LogP contribution is 2.06. The number of nitrogens with one attached hydrogen (secondary N) is 1. The molecule has 84 valence electrons. The predicted octanol–water partition coefficient (Wildman–Crippen LogP) is 1.66. The fraction of sp³-hybridized carbons (Fsp3) is 0.545. The van der Waals surface area contributed by atoms with Crippen LogP contribution in [0.4, 0.5) is 0 Å². The summed E-state index contributed by atoms with van der Waals surface area (Å²) in [6.45, 7) is 3.15. The maximum atomic E-state index is 11.5. The van der Waals surface area contributed by atoms with Gasteiger partial charge < -0.3 is 15.5 Å². The van der Waals surface area contributed by atoms with Crippen molar-refractivity contribution in [2.24, 2.45) is 5.73 Å². The molecule has 3 N–H and O–H groups in total. The lowest BCUT2D eigenvalue weighted by Crippen LogP contribution is -2.23. The van der Waals surface area contributed by atoms with Gasteiger partial charge in [0.05, 0.1) is 6.54 Å². The molecule has 1 aromatic heterocycles. The van der Waals surface area contributed by atoms with E-state index < -0.39 is 0 Å². The van der Waals surface area contributed by atoms with Gasteiger partial charge in [-0.15, -0.1) is 0 Å². The third kappa shape index (κ3) is 3.75. The molecule has 0 saturated heterocycles. The van der Waals surface area contributed by atoms with Crippen molar-refractivity contribution < 1.29 is 9.21 Å². The summed E-state index contributed by atoms with van der Waals surface area (Å²) in [6, 6.07) is 3.37. The van der Waals surface area contributed by atoms with E-state index >= 15 is 0 Å². The van der Waals surface area contributed by atoms with Gasteiger partial charge in [-0.1, -0.05) is 19.8 Å². The number of nitrogens with two attached hydrogens (primary N) is 1. The molecule has 1 amide bonds. The molecule has 0 aliphatic rings. The first-order valence-corrected chi connectivity index (χ1v) is 5.35. The van der Waals surface area contributed by atoms with Crippen LogP contribution < -0.4 is 11.1 Å². The Labute approximate surface area is 89.8 Å². The molecule has 1 heterocycles. The van der Waals surface area contributed by atoms with Crippen LogP contribution in [0.2, 0.25) is 0 Å². The Morgan fingerprint density at radius 3 is 2.87 bits per heavy atom. The molecule has 0 aliphatic carbocycles. The average molecular weight is 210 g/mol. The summed E-state index contributed by atoms with van der Waals surface area (Å²) in [5.41, 5.74) is 5.38. The second kappa shape index (κ2) is 6.24. The number of furan rings is 1. The first-order valence-electron chi connectivity index (χ1n) is 5.35. The maximum absolute atomic E-state index is 11.5. The molecule has 0 aliphatic heterocycles. The zero-order valence-electron chi connectivity index (χ0n) is 9.08. The Bertz CT molecular complexity index is 307. The van der Waals surface area contributed by atoms with Crippen LogP contribution in [0.25, 0.3) is 0 Å². The highest BCUT2D eigenvalue weighted by Gasteiger charge is 2.09. The Hall–Kier alpha value is -1.29. The summed E-state index contributed by atoms with van der Waals surface area (Å²) in [5.74, 6) is 0.812. The Morgan fingerprint density at radius 1 is 1.47 bits per heavy atom. The van der Waals surface area contributed by atoms with E-state index in [1.807, 2.05) is 0 Å². The first-order chi connectivity index (χ1) is 7.27. The standard InChI is InChI=1S/C11H18N2O2/c1-2-3-4-7-13-11(14)10-6-5-9(8-12)15-10/h5-6H,2-4,7-8,12H2,1H3,(H,13,14). The molecule has 0 unspecified atom stereocenters. The number of carbonyl (C=O) groups is 1. The number of hydrogen-bond acceptors (Lipinski definition) is 3. The van der Waals surface area contributed by atoms with E-state index in [0.717, 1.165) is 19.3 Å². The van der Waals surface area contributed by atoms with E-state index in [2.05, 4.69) is 12.2 Å². The second-order valence-electron chi connectivity index (χ2n) is 3.43. The zero-order valence-corrected chi connectivity index (χ0v) is 9.08. The fourth-order valence-electron chi connectivity index (χ4n) is 1.27. The number of carbonyl (C=O) groups excluding carboxylic acids is 1. The molecule has 0 fully saturated rings. The van der Waals surface area contributed by atoms with Gasteiger partial charge in [0.15, 0.2) is 5.76 Å². The lowest BCUT2D eigenvalue weighted by Gasteiger charge is -2.01. The highest BCUT2D eigenvalue weighted by molar-refractivity contribution is 5.91. The molecule has 1 aromatic rings. The Kier molecular flexibility index (Phi) is 4.90. The van der Waals surface area contributed by atoms with Gasteiger partial charge in [0.25, 0.3) is 5.91 Å². The SMILES string of the molecule is CCCCCNC(=O)c1ccc(CN)o1. The molecule has 0 radical (unpaired) electrons. The van der Waals surface area contributed by atoms with Crippen molar-refractivity contribution in [1.29, 1.82) is 0 Å². The summed E-state index contributed by atoms with van der Waals surface area (Å²) >= 11 is 0. The fourth-order valence-corrected chi connectivity index (χ4v) is 1.27. The van der Waals surface area contributed by atoms with Gasteiger partial charge in [0.1, 0.15) is 5.76 Å². The normalized spacial score (nSPS) is 10.3. The van der Waals surface area contributed by atoms with Gasteiger partial charge in [-0.2, -0.15) is 0 Å². The van der Waals surface area contributed by atoms with Gasteiger partial charge >= 0.3 is 0 Å². The van der Waals surface area contributed by atoms with Crippen LogP contribution in [0.1, 0.15) is 42.5 Å². The summed E-state index contributed by atoms with van der Waals surface area (Å²) in [5, 5.41) is 2.80. The minimum atomic E-state index is -0.161. The van der Waals surface area contributed by atoms with Crippen molar-refractivity contribution in [1.82, 2.24) is 5.32 Å². The van der Waals surface area contributed by atoms with Crippen LogP contribution >= 0.6 is 0 Å². The smallest absolute Gasteiger partial charge is 0.286 e. The van der Waals surface area contributed by atoms with Crippen molar-refractivity contribution >= 4 is 5.91 Å². The molecule has 0 aromatic carbocycles. The van der Waals surface area contributed by atoms with E-state index in [-0.39, 0.29) is 5.91 Å². The highest BCUT2D eigenvalue weighted by atomic mass is 16.4. The third-order valence-corrected chi connectivity index (χ3v) is 2.15. The number of hydrogen-bond donors (Lipinski definition) is 2. The van der Waals surface area contributed by atoms with E-state index in [1.165, 1.54) is 0 Å². The van der Waals surface area contributed by atoms with E-state index in [4.69, 9.17) is 10.2 Å². The van der Waals surface area contributed by atoms with Crippen molar-refractivity contribution in [2.75, 3.05) is 6.54 Å². The molecule has 0 spiro atoms. The minimum absolute atomic E-state index is 0.161. The number of unbranched alkanes of at least 4 members (excludes halogenated alkanes) is 2. The van der Waals surface area contributed by atoms with Crippen molar-refractivity contribution in [2.45, 2.75) is 32.7 Å². The lowest BCUT2D eigenvalue weighted by molar-refractivity contribution is 0.0923. The van der Waals surface area contributed by atoms with E-state index in [0.29, 0.717) is 24.6 Å². The van der Waals surface area contributed by atoms with Gasteiger partial charge in [-0.25, -0.2) is 0 Å². The van der Waals surface area contributed by atoms with E-state index in [1.54, 1.807) is 12.1 Å². The number of amides is 1. The molecule has 0 bridgehead atoms. The van der Waals surface area contributed by atoms with Crippen LogP contribution in [0.5, 0.6) is 0 Å². The largest absolute Gasteiger partial charge is 0.455 e. The molecule has 4 heteroatoms. The molecule has 0 atom stereocenters. The summed E-state index contributed by atoms with van der Waals surface area (Å²) < 4.78 is 5.21. The van der Waals surface area contributed by atoms with Gasteiger partial charge in [-0.05, 0) is 18.6 Å². The Morgan fingerprint density at radius 2 is 2.27 bits per heavy atom. The molecular weight excluding hydrogens is 192 g/mol. The van der Waals surface area contributed by atoms with E-state index in [9.17, 15) is 4.79 Å². The van der Waals surface area contributed by atoms with Gasteiger partial charge in [-0.3, -0.25) is 4.79 Å². The Balaban J connectivity index is 2.33. The van der Waals surface area contributed by atoms with Crippen LogP contribution in [-0.2, 0) is 6.54 Å². The number of rotatable bonds is 6. The van der Waals surface area contributed by atoms with Crippen LogP contribution in [-0.4, -0.2) is 12.5 Å². The summed E-state index contributed by atoms with van der Waals surface area (Å²) in [4.78, 5) is 11.5. The third-order valence-electron chi connectivity index (χ3n) is 2.15.